The van der Waals surface area contributed by atoms with Crippen LogP contribution >= 0.6 is 0 Å². The van der Waals surface area contributed by atoms with Gasteiger partial charge in [-0.3, -0.25) is 24.8 Å². The summed E-state index contributed by atoms with van der Waals surface area (Å²) in [7, 11) is 0. The Hall–Kier alpha value is -1.17. The number of allylic oxidation sites excluding steroid dienone is 19. The molecule has 28 heavy (non-hydrogen) atoms. The monoisotopic (exact) mass is 438 g/mol. The molecule has 0 aromatic heterocycles. The van der Waals surface area contributed by atoms with Crippen molar-refractivity contribution >= 4 is 0 Å². The predicted octanol–water partition coefficient (Wildman–Crippen LogP) is 7.36. The number of rotatable bonds is 1. The summed E-state index contributed by atoms with van der Waals surface area (Å²) in [6, 6.07) is 0. The minimum Gasteiger partial charge on any atom is -0.293 e. The molecule has 3 rings (SSSR count). The third-order valence-corrected chi connectivity index (χ3v) is 2.96. The molecule has 0 saturated heterocycles. The zero-order chi connectivity index (χ0) is 19.0. The van der Waals surface area contributed by atoms with Crippen molar-refractivity contribution in [3.05, 3.63) is 122 Å². The Kier molecular flexibility index (Phi) is 34.4. The zero-order valence-electron chi connectivity index (χ0n) is 16.9. The van der Waals surface area contributed by atoms with Crippen molar-refractivity contribution in [1.29, 1.82) is 0 Å². The van der Waals surface area contributed by atoms with Gasteiger partial charge < -0.3 is 0 Å². The van der Waals surface area contributed by atoms with Gasteiger partial charge in [-0.15, -0.1) is 18.6 Å². The smallest absolute Gasteiger partial charge is 0.293 e. The van der Waals surface area contributed by atoms with Gasteiger partial charge in [0, 0.05) is 0 Å². The van der Waals surface area contributed by atoms with Crippen molar-refractivity contribution in [3.63, 3.8) is 0 Å². The van der Waals surface area contributed by atoms with Crippen LogP contribution < -0.4 is 0 Å². The van der Waals surface area contributed by atoms with E-state index in [2.05, 4.69) is 42.5 Å². The van der Waals surface area contributed by atoms with Crippen molar-refractivity contribution in [1.82, 2.24) is 0 Å². The average Bonchev–Trinajstić information content (AvgIpc) is 3.24. The Labute approximate surface area is 203 Å². The van der Waals surface area contributed by atoms with Crippen LogP contribution in [0.4, 0.5) is 0 Å². The van der Waals surface area contributed by atoms with Crippen LogP contribution in [0.5, 0.6) is 0 Å². The standard InChI is InChI=1S/C7H9.2C7H7.C5H7.2Ti/c3*1-2-4-6-7-5-3-1;1-3-5-4-2;;/h1-3H,4,6-7H2;2*1-5H,6H2;1,3-5H,2H3;;/q4*-1;2*+2. The molecule has 2 heteroatoms. The molecule has 0 nitrogen and oxygen atoms in total. The molecule has 0 saturated carbocycles. The van der Waals surface area contributed by atoms with E-state index in [9.17, 15) is 0 Å². The van der Waals surface area contributed by atoms with Gasteiger partial charge in [0.1, 0.15) is 0 Å². The van der Waals surface area contributed by atoms with Crippen LogP contribution in [-0.2, 0) is 43.4 Å². The number of hydrogen-bond acceptors (Lipinski definition) is 0. The molecule has 3 aliphatic rings. The summed E-state index contributed by atoms with van der Waals surface area (Å²) >= 11 is 0. The fourth-order valence-electron chi connectivity index (χ4n) is 1.69. The van der Waals surface area contributed by atoms with E-state index in [0.717, 1.165) is 19.3 Å². The van der Waals surface area contributed by atoms with E-state index < -0.39 is 0 Å². The summed E-state index contributed by atoms with van der Waals surface area (Å²) in [5.74, 6) is 0. The quantitative estimate of drug-likeness (QED) is 0.228. The SMILES string of the molecule is [C-]1=CC=CC=CC1.[C-]1=CC=CC=CC1.[C-]1=CC=CCCC1.[CH-]=CC=CC.[Ti+2].[Ti+2]. The van der Waals surface area contributed by atoms with E-state index >= 15 is 0 Å². The Balaban J connectivity index is -0.000000293. The maximum atomic E-state index is 4.93. The predicted molar refractivity (Wildman–Crippen MR) is 116 cm³/mol. The maximum Gasteiger partial charge on any atom is 2.00 e. The van der Waals surface area contributed by atoms with Gasteiger partial charge in [-0.25, -0.2) is 48.6 Å². The Morgan fingerprint density at radius 2 is 1.29 bits per heavy atom. The molecule has 0 fully saturated rings. The van der Waals surface area contributed by atoms with E-state index in [-0.39, 0.29) is 43.4 Å². The molecule has 0 spiro atoms. The van der Waals surface area contributed by atoms with Gasteiger partial charge in [0.05, 0.1) is 0 Å². The Bertz CT molecular complexity index is 508. The van der Waals surface area contributed by atoms with Crippen LogP contribution in [0.2, 0.25) is 0 Å². The van der Waals surface area contributed by atoms with Crippen molar-refractivity contribution < 1.29 is 43.4 Å². The Morgan fingerprint density at radius 1 is 0.714 bits per heavy atom. The van der Waals surface area contributed by atoms with Gasteiger partial charge in [-0.05, 0) is 0 Å². The summed E-state index contributed by atoms with van der Waals surface area (Å²) in [6.07, 6.45) is 46.2. The van der Waals surface area contributed by atoms with E-state index in [1.165, 1.54) is 18.9 Å². The zero-order valence-corrected chi connectivity index (χ0v) is 20.0. The van der Waals surface area contributed by atoms with E-state index in [1.54, 1.807) is 6.08 Å². The van der Waals surface area contributed by atoms with Gasteiger partial charge in [-0.2, -0.15) is 12.2 Å². The third kappa shape index (κ3) is 29.6. The molecule has 0 amide bonds. The van der Waals surface area contributed by atoms with E-state index in [0.29, 0.717) is 0 Å². The normalized spacial score (nSPS) is 15.0. The van der Waals surface area contributed by atoms with Crippen molar-refractivity contribution in [2.24, 2.45) is 0 Å². The first-order chi connectivity index (χ1) is 12.9. The van der Waals surface area contributed by atoms with Gasteiger partial charge in [0.25, 0.3) is 0 Å². The van der Waals surface area contributed by atoms with Crippen LogP contribution in [-0.4, -0.2) is 0 Å². The van der Waals surface area contributed by atoms with Crippen LogP contribution in [0, 0.1) is 24.8 Å². The number of hydrogen-bond donors (Lipinski definition) is 0. The first kappa shape index (κ1) is 31.5. The first-order valence-corrected chi connectivity index (χ1v) is 9.06. The molecule has 0 aliphatic heterocycles. The van der Waals surface area contributed by atoms with Crippen LogP contribution in [0.25, 0.3) is 0 Å². The third-order valence-electron chi connectivity index (χ3n) is 2.96. The summed E-state index contributed by atoms with van der Waals surface area (Å²) in [4.78, 5) is 0. The second-order valence-corrected chi connectivity index (χ2v) is 5.19. The summed E-state index contributed by atoms with van der Waals surface area (Å²) in [6.45, 7) is 6.85. The minimum atomic E-state index is 0. The van der Waals surface area contributed by atoms with E-state index in [1.807, 2.05) is 67.7 Å². The van der Waals surface area contributed by atoms with E-state index in [4.69, 9.17) is 6.58 Å². The fraction of sp³-hybridized carbons (Fsp3) is 0.231. The van der Waals surface area contributed by atoms with Gasteiger partial charge in [-0.1, -0.05) is 56.9 Å². The van der Waals surface area contributed by atoms with Crippen LogP contribution in [0.15, 0.2) is 97.2 Å². The molecular formula is C26H30Ti2. The second kappa shape index (κ2) is 30.6. The molecular weight excluding hydrogens is 408 g/mol. The van der Waals surface area contributed by atoms with Gasteiger partial charge in [0.15, 0.2) is 0 Å². The molecule has 0 aromatic carbocycles. The molecule has 0 unspecified atom stereocenters. The van der Waals surface area contributed by atoms with Crippen molar-refractivity contribution in [3.8, 4) is 0 Å². The minimum absolute atomic E-state index is 0. The molecule has 0 bridgehead atoms. The molecule has 3 aliphatic carbocycles. The van der Waals surface area contributed by atoms with Crippen molar-refractivity contribution in [2.45, 2.75) is 39.0 Å². The molecule has 0 aromatic rings. The van der Waals surface area contributed by atoms with Crippen molar-refractivity contribution in [2.75, 3.05) is 0 Å². The van der Waals surface area contributed by atoms with Gasteiger partial charge >= 0.3 is 43.4 Å². The summed E-state index contributed by atoms with van der Waals surface area (Å²) in [5, 5.41) is 0. The topological polar surface area (TPSA) is 0 Å². The summed E-state index contributed by atoms with van der Waals surface area (Å²) < 4.78 is 0. The maximum absolute atomic E-state index is 4.93. The first-order valence-electron chi connectivity index (χ1n) is 9.06. The van der Waals surface area contributed by atoms with Crippen LogP contribution in [0.1, 0.15) is 39.0 Å². The average molecular weight is 438 g/mol. The van der Waals surface area contributed by atoms with Gasteiger partial charge in [0.2, 0.25) is 0 Å². The Morgan fingerprint density at radius 3 is 1.79 bits per heavy atom. The summed E-state index contributed by atoms with van der Waals surface area (Å²) in [5.41, 5.74) is 0. The molecule has 142 valence electrons. The molecule has 0 heterocycles. The van der Waals surface area contributed by atoms with Crippen LogP contribution in [0.3, 0.4) is 0 Å². The second-order valence-electron chi connectivity index (χ2n) is 5.19. The largest absolute Gasteiger partial charge is 2.00 e. The molecule has 0 atom stereocenters. The molecule has 0 radical (unpaired) electrons. The fourth-order valence-corrected chi connectivity index (χ4v) is 1.69. The molecule has 0 N–H and O–H groups in total.